The molecule has 1 amide bonds. The van der Waals surface area contributed by atoms with Crippen LogP contribution in [0.3, 0.4) is 0 Å². The number of carbonyl (C=O) groups is 2. The Morgan fingerprint density at radius 3 is 2.78 bits per heavy atom. The molecular formula is C11H16N4O3. The maximum Gasteiger partial charge on any atom is 0.326 e. The van der Waals surface area contributed by atoms with E-state index in [1.807, 2.05) is 0 Å². The molecule has 0 spiro atoms. The molecular weight excluding hydrogens is 236 g/mol. The number of carboxylic acid groups (broad SMARTS) is 1. The van der Waals surface area contributed by atoms with E-state index < -0.39 is 17.9 Å². The van der Waals surface area contributed by atoms with Crippen molar-refractivity contribution in [3.63, 3.8) is 0 Å². The highest BCUT2D eigenvalue weighted by Gasteiger charge is 2.32. The number of H-pyrrole nitrogens is 1. The summed E-state index contributed by atoms with van der Waals surface area (Å²) in [5.41, 5.74) is 0. The van der Waals surface area contributed by atoms with Crippen molar-refractivity contribution < 1.29 is 14.7 Å². The van der Waals surface area contributed by atoms with Crippen LogP contribution in [0.2, 0.25) is 0 Å². The highest BCUT2D eigenvalue weighted by atomic mass is 16.4. The van der Waals surface area contributed by atoms with Gasteiger partial charge in [0.1, 0.15) is 11.9 Å². The fourth-order valence-corrected chi connectivity index (χ4v) is 2.17. The largest absolute Gasteiger partial charge is 0.480 e. The van der Waals surface area contributed by atoms with E-state index >= 15 is 0 Å². The standard InChI is InChI=1S/C11H16N4O3/c1-7-12-9(14-13-7)10(16)15-6-4-2-3-5-8(15)11(17)18/h8H,2-6H2,1H3,(H,17,18)(H,12,13,14). The normalized spacial score (nSPS) is 20.5. The third kappa shape index (κ3) is 2.49. The molecule has 1 aliphatic rings. The fraction of sp³-hybridized carbons (Fsp3) is 0.636. The summed E-state index contributed by atoms with van der Waals surface area (Å²) in [5.74, 6) is -0.785. The summed E-state index contributed by atoms with van der Waals surface area (Å²) in [7, 11) is 0. The van der Waals surface area contributed by atoms with Crippen LogP contribution in [0.4, 0.5) is 0 Å². The molecule has 1 aromatic heterocycles. The minimum Gasteiger partial charge on any atom is -0.480 e. The second-order valence-electron chi connectivity index (χ2n) is 4.45. The summed E-state index contributed by atoms with van der Waals surface area (Å²) in [6.07, 6.45) is 3.08. The van der Waals surface area contributed by atoms with Crippen LogP contribution in [-0.4, -0.2) is 49.7 Å². The van der Waals surface area contributed by atoms with E-state index in [9.17, 15) is 14.7 Å². The van der Waals surface area contributed by atoms with Crippen LogP contribution in [0.25, 0.3) is 0 Å². The molecule has 1 saturated heterocycles. The predicted octanol–water partition coefficient (Wildman–Crippen LogP) is 0.583. The number of nitrogens with zero attached hydrogens (tertiary/aromatic N) is 3. The first-order valence-corrected chi connectivity index (χ1v) is 6.02. The van der Waals surface area contributed by atoms with Crippen molar-refractivity contribution in [2.45, 2.75) is 38.6 Å². The van der Waals surface area contributed by atoms with E-state index in [2.05, 4.69) is 15.2 Å². The molecule has 2 heterocycles. The quantitative estimate of drug-likeness (QED) is 0.802. The zero-order valence-electron chi connectivity index (χ0n) is 10.2. The van der Waals surface area contributed by atoms with E-state index in [1.165, 1.54) is 4.90 Å². The number of aliphatic carboxylic acids is 1. The van der Waals surface area contributed by atoms with Crippen LogP contribution in [0.15, 0.2) is 0 Å². The van der Waals surface area contributed by atoms with Gasteiger partial charge in [-0.25, -0.2) is 9.78 Å². The minimum atomic E-state index is -0.961. The Morgan fingerprint density at radius 2 is 2.17 bits per heavy atom. The van der Waals surface area contributed by atoms with Gasteiger partial charge in [0.15, 0.2) is 0 Å². The zero-order chi connectivity index (χ0) is 13.1. The van der Waals surface area contributed by atoms with Gasteiger partial charge in [-0.2, -0.15) is 0 Å². The fourth-order valence-electron chi connectivity index (χ4n) is 2.17. The first-order chi connectivity index (χ1) is 8.59. The molecule has 0 aliphatic carbocycles. The Kier molecular flexibility index (Phi) is 3.59. The number of amides is 1. The number of aryl methyl sites for hydroxylation is 1. The third-order valence-electron chi connectivity index (χ3n) is 3.09. The summed E-state index contributed by atoms with van der Waals surface area (Å²) < 4.78 is 0. The van der Waals surface area contributed by atoms with Gasteiger partial charge >= 0.3 is 5.97 Å². The first kappa shape index (κ1) is 12.5. The van der Waals surface area contributed by atoms with E-state index in [0.717, 1.165) is 19.3 Å². The summed E-state index contributed by atoms with van der Waals surface area (Å²) in [6.45, 7) is 2.14. The molecule has 7 nitrogen and oxygen atoms in total. The first-order valence-electron chi connectivity index (χ1n) is 6.02. The number of hydrogen-bond acceptors (Lipinski definition) is 4. The van der Waals surface area contributed by atoms with Crippen molar-refractivity contribution in [3.05, 3.63) is 11.6 Å². The van der Waals surface area contributed by atoms with Gasteiger partial charge in [0, 0.05) is 6.54 Å². The average molecular weight is 252 g/mol. The Morgan fingerprint density at radius 1 is 1.39 bits per heavy atom. The summed E-state index contributed by atoms with van der Waals surface area (Å²) in [5, 5.41) is 15.6. The molecule has 98 valence electrons. The van der Waals surface area contributed by atoms with Crippen LogP contribution in [-0.2, 0) is 4.79 Å². The minimum absolute atomic E-state index is 0.0423. The van der Waals surface area contributed by atoms with Gasteiger partial charge in [-0.15, -0.1) is 5.10 Å². The third-order valence-corrected chi connectivity index (χ3v) is 3.09. The van der Waals surface area contributed by atoms with Crippen LogP contribution in [0.5, 0.6) is 0 Å². The van der Waals surface area contributed by atoms with Gasteiger partial charge in [0.05, 0.1) is 0 Å². The van der Waals surface area contributed by atoms with Gasteiger partial charge in [0.25, 0.3) is 5.91 Å². The van der Waals surface area contributed by atoms with Crippen LogP contribution in [0.1, 0.15) is 42.1 Å². The number of hydrogen-bond donors (Lipinski definition) is 2. The molecule has 1 aromatic rings. The van der Waals surface area contributed by atoms with Crippen molar-refractivity contribution in [1.82, 2.24) is 20.1 Å². The van der Waals surface area contributed by atoms with Gasteiger partial charge < -0.3 is 10.0 Å². The average Bonchev–Trinajstić information content (AvgIpc) is 2.63. The number of aromatic amines is 1. The van der Waals surface area contributed by atoms with E-state index in [1.54, 1.807) is 6.92 Å². The summed E-state index contributed by atoms with van der Waals surface area (Å²) in [4.78, 5) is 28.7. The molecule has 0 bridgehead atoms. The van der Waals surface area contributed by atoms with E-state index in [4.69, 9.17) is 0 Å². The highest BCUT2D eigenvalue weighted by Crippen LogP contribution is 2.18. The lowest BCUT2D eigenvalue weighted by atomic mass is 10.1. The molecule has 0 aromatic carbocycles. The molecule has 2 N–H and O–H groups in total. The molecule has 1 fully saturated rings. The lowest BCUT2D eigenvalue weighted by Crippen LogP contribution is -2.45. The zero-order valence-corrected chi connectivity index (χ0v) is 10.2. The Labute approximate surface area is 104 Å². The monoisotopic (exact) mass is 252 g/mol. The number of rotatable bonds is 2. The van der Waals surface area contributed by atoms with Crippen LogP contribution < -0.4 is 0 Å². The molecule has 2 rings (SSSR count). The Balaban J connectivity index is 2.22. The van der Waals surface area contributed by atoms with Gasteiger partial charge in [0.2, 0.25) is 5.82 Å². The number of carbonyl (C=O) groups excluding carboxylic acids is 1. The van der Waals surface area contributed by atoms with Gasteiger partial charge in [-0.3, -0.25) is 9.89 Å². The summed E-state index contributed by atoms with van der Waals surface area (Å²) in [6, 6.07) is -0.765. The number of likely N-dealkylation sites (tertiary alicyclic amines) is 1. The number of carboxylic acids is 1. The molecule has 7 heteroatoms. The maximum atomic E-state index is 12.2. The second-order valence-corrected chi connectivity index (χ2v) is 4.45. The topological polar surface area (TPSA) is 99.2 Å². The molecule has 0 radical (unpaired) electrons. The van der Waals surface area contributed by atoms with Crippen LogP contribution >= 0.6 is 0 Å². The second kappa shape index (κ2) is 5.16. The van der Waals surface area contributed by atoms with Crippen molar-refractivity contribution in [2.75, 3.05) is 6.54 Å². The SMILES string of the molecule is Cc1nc(C(=O)N2CCCCCC2C(=O)O)n[nH]1. The molecule has 1 unspecified atom stereocenters. The molecule has 1 atom stereocenters. The van der Waals surface area contributed by atoms with Gasteiger partial charge in [-0.1, -0.05) is 12.8 Å². The molecule has 1 aliphatic heterocycles. The number of aromatic nitrogens is 3. The summed E-state index contributed by atoms with van der Waals surface area (Å²) >= 11 is 0. The highest BCUT2D eigenvalue weighted by molar-refractivity contribution is 5.93. The predicted molar refractivity (Wildman–Crippen MR) is 62.0 cm³/mol. The van der Waals surface area contributed by atoms with Crippen molar-refractivity contribution >= 4 is 11.9 Å². The van der Waals surface area contributed by atoms with Gasteiger partial charge in [-0.05, 0) is 19.8 Å². The lowest BCUT2D eigenvalue weighted by molar-refractivity contribution is -0.142. The molecule has 18 heavy (non-hydrogen) atoms. The van der Waals surface area contributed by atoms with Crippen LogP contribution in [0, 0.1) is 6.92 Å². The Hall–Kier alpha value is -1.92. The Bertz CT molecular complexity index is 457. The molecule has 0 saturated carbocycles. The smallest absolute Gasteiger partial charge is 0.326 e. The van der Waals surface area contributed by atoms with E-state index in [0.29, 0.717) is 18.8 Å². The van der Waals surface area contributed by atoms with Crippen molar-refractivity contribution in [1.29, 1.82) is 0 Å². The van der Waals surface area contributed by atoms with E-state index in [-0.39, 0.29) is 5.82 Å². The van der Waals surface area contributed by atoms with Crippen molar-refractivity contribution in [2.24, 2.45) is 0 Å². The van der Waals surface area contributed by atoms with Crippen molar-refractivity contribution in [3.8, 4) is 0 Å². The number of nitrogens with one attached hydrogen (secondary N) is 1. The lowest BCUT2D eigenvalue weighted by Gasteiger charge is -2.25. The maximum absolute atomic E-state index is 12.2.